The van der Waals surface area contributed by atoms with Crippen LogP contribution in [0.4, 0.5) is 0 Å². The number of nitrogens with zero attached hydrogens (tertiary/aromatic N) is 3. The molecule has 1 rings (SSSR count). The summed E-state index contributed by atoms with van der Waals surface area (Å²) in [6, 6.07) is 0. The molecule has 90 valence electrons. The number of rotatable bonds is 4. The molecule has 1 aromatic rings. The second-order valence-corrected chi connectivity index (χ2v) is 4.11. The number of carbonyl (C=O) groups is 1. The number of carbonyl (C=O) groups excluding carboxylic acids is 1. The smallest absolute Gasteiger partial charge is 0.316 e. The molecule has 5 heteroatoms. The number of aromatic nitrogens is 3. The molecule has 0 amide bonds. The summed E-state index contributed by atoms with van der Waals surface area (Å²) < 4.78 is 6.71. The minimum atomic E-state index is -0.342. The van der Waals surface area contributed by atoms with E-state index in [0.29, 0.717) is 18.3 Å². The zero-order chi connectivity index (χ0) is 12.3. The van der Waals surface area contributed by atoms with E-state index in [-0.39, 0.29) is 17.8 Å². The lowest BCUT2D eigenvalue weighted by Crippen LogP contribution is -2.24. The maximum atomic E-state index is 11.8. The summed E-state index contributed by atoms with van der Waals surface area (Å²) in [7, 11) is 1.80. The van der Waals surface area contributed by atoms with Crippen molar-refractivity contribution in [3.05, 3.63) is 11.6 Å². The number of ether oxygens (including phenoxy) is 1. The van der Waals surface area contributed by atoms with Gasteiger partial charge in [0.1, 0.15) is 17.6 Å². The highest BCUT2D eigenvalue weighted by Crippen LogP contribution is 2.24. The van der Waals surface area contributed by atoms with Gasteiger partial charge in [-0.05, 0) is 19.8 Å². The minimum Gasteiger partial charge on any atom is -0.465 e. The van der Waals surface area contributed by atoms with Crippen LogP contribution in [0.25, 0.3) is 0 Å². The molecule has 0 aliphatic carbocycles. The SMILES string of the molecule is CCOC(=O)C(c1nc(C)nn1C)C(C)C. The van der Waals surface area contributed by atoms with Crippen molar-refractivity contribution in [3.63, 3.8) is 0 Å². The molecule has 0 fully saturated rings. The fraction of sp³-hybridized carbons (Fsp3) is 0.727. The second-order valence-electron chi connectivity index (χ2n) is 4.11. The van der Waals surface area contributed by atoms with Gasteiger partial charge in [-0.1, -0.05) is 13.8 Å². The van der Waals surface area contributed by atoms with Crippen molar-refractivity contribution in [2.24, 2.45) is 13.0 Å². The zero-order valence-corrected chi connectivity index (χ0v) is 10.5. The third kappa shape index (κ3) is 2.59. The molecule has 0 N–H and O–H groups in total. The first kappa shape index (κ1) is 12.7. The monoisotopic (exact) mass is 225 g/mol. The predicted molar refractivity (Wildman–Crippen MR) is 60.0 cm³/mol. The van der Waals surface area contributed by atoms with Crippen LogP contribution in [0.2, 0.25) is 0 Å². The maximum Gasteiger partial charge on any atom is 0.316 e. The van der Waals surface area contributed by atoms with E-state index < -0.39 is 0 Å². The van der Waals surface area contributed by atoms with Crippen molar-refractivity contribution in [2.75, 3.05) is 6.61 Å². The molecule has 0 saturated carbocycles. The van der Waals surface area contributed by atoms with Crippen molar-refractivity contribution >= 4 is 5.97 Å². The van der Waals surface area contributed by atoms with Crippen molar-refractivity contribution in [1.29, 1.82) is 0 Å². The fourth-order valence-electron chi connectivity index (χ4n) is 1.71. The van der Waals surface area contributed by atoms with E-state index in [1.54, 1.807) is 18.7 Å². The molecule has 0 saturated heterocycles. The fourth-order valence-corrected chi connectivity index (χ4v) is 1.71. The number of aryl methyl sites for hydroxylation is 2. The molecule has 0 bridgehead atoms. The minimum absolute atomic E-state index is 0.140. The van der Waals surface area contributed by atoms with E-state index >= 15 is 0 Å². The molecule has 1 atom stereocenters. The van der Waals surface area contributed by atoms with Gasteiger partial charge in [-0.15, -0.1) is 0 Å². The van der Waals surface area contributed by atoms with E-state index in [0.717, 1.165) is 0 Å². The van der Waals surface area contributed by atoms with Crippen LogP contribution in [-0.2, 0) is 16.6 Å². The summed E-state index contributed by atoms with van der Waals surface area (Å²) >= 11 is 0. The molecule has 1 unspecified atom stereocenters. The molecule has 1 heterocycles. The number of hydrogen-bond acceptors (Lipinski definition) is 4. The molecular weight excluding hydrogens is 206 g/mol. The second kappa shape index (κ2) is 5.09. The van der Waals surface area contributed by atoms with Gasteiger partial charge in [-0.3, -0.25) is 9.48 Å². The average molecular weight is 225 g/mol. The summed E-state index contributed by atoms with van der Waals surface area (Å²) in [6.07, 6.45) is 0. The normalized spacial score (nSPS) is 12.9. The zero-order valence-electron chi connectivity index (χ0n) is 10.5. The Bertz CT molecular complexity index is 371. The van der Waals surface area contributed by atoms with Crippen LogP contribution in [0.1, 0.15) is 38.3 Å². The topological polar surface area (TPSA) is 57.0 Å². The van der Waals surface area contributed by atoms with E-state index in [1.807, 2.05) is 20.8 Å². The van der Waals surface area contributed by atoms with Gasteiger partial charge in [-0.2, -0.15) is 5.10 Å². The van der Waals surface area contributed by atoms with Gasteiger partial charge in [0.05, 0.1) is 6.61 Å². The lowest BCUT2D eigenvalue weighted by molar-refractivity contribution is -0.146. The Morgan fingerprint density at radius 2 is 2.12 bits per heavy atom. The summed E-state index contributed by atoms with van der Waals surface area (Å²) in [4.78, 5) is 16.1. The van der Waals surface area contributed by atoms with Gasteiger partial charge in [0, 0.05) is 7.05 Å². The van der Waals surface area contributed by atoms with E-state index in [2.05, 4.69) is 10.1 Å². The Hall–Kier alpha value is -1.39. The Morgan fingerprint density at radius 1 is 1.50 bits per heavy atom. The van der Waals surface area contributed by atoms with Crippen LogP contribution in [0.5, 0.6) is 0 Å². The molecule has 1 aromatic heterocycles. The standard InChI is InChI=1S/C11H19N3O2/c1-6-16-11(15)9(7(2)3)10-12-8(4)13-14(10)5/h7,9H,6H2,1-5H3. The Labute approximate surface area is 95.8 Å². The average Bonchev–Trinajstić information content (AvgIpc) is 2.45. The highest BCUT2D eigenvalue weighted by molar-refractivity contribution is 5.77. The quantitative estimate of drug-likeness (QED) is 0.727. The predicted octanol–water partition coefficient (Wildman–Crippen LogP) is 1.43. The summed E-state index contributed by atoms with van der Waals surface area (Å²) in [6.45, 7) is 7.96. The first-order valence-corrected chi connectivity index (χ1v) is 5.51. The van der Waals surface area contributed by atoms with Gasteiger partial charge in [0.15, 0.2) is 0 Å². The van der Waals surface area contributed by atoms with Crippen LogP contribution in [0.15, 0.2) is 0 Å². The third-order valence-corrected chi connectivity index (χ3v) is 2.39. The molecule has 0 spiro atoms. The van der Waals surface area contributed by atoms with Crippen molar-refractivity contribution in [3.8, 4) is 0 Å². The van der Waals surface area contributed by atoms with Crippen LogP contribution in [0.3, 0.4) is 0 Å². The molecular formula is C11H19N3O2. The summed E-state index contributed by atoms with van der Waals surface area (Å²) in [5, 5.41) is 4.15. The first-order chi connectivity index (χ1) is 7.47. The van der Waals surface area contributed by atoms with E-state index in [4.69, 9.17) is 4.74 Å². The molecule has 5 nitrogen and oxygen atoms in total. The molecule has 0 aliphatic rings. The Kier molecular flexibility index (Phi) is 4.04. The van der Waals surface area contributed by atoms with Gasteiger partial charge in [0.25, 0.3) is 0 Å². The molecule has 0 radical (unpaired) electrons. The highest BCUT2D eigenvalue weighted by atomic mass is 16.5. The Morgan fingerprint density at radius 3 is 2.50 bits per heavy atom. The van der Waals surface area contributed by atoms with Crippen LogP contribution in [-0.4, -0.2) is 27.3 Å². The summed E-state index contributed by atoms with van der Waals surface area (Å²) in [5.41, 5.74) is 0. The van der Waals surface area contributed by atoms with Crippen molar-refractivity contribution < 1.29 is 9.53 Å². The van der Waals surface area contributed by atoms with Crippen LogP contribution < -0.4 is 0 Å². The van der Waals surface area contributed by atoms with Crippen LogP contribution >= 0.6 is 0 Å². The van der Waals surface area contributed by atoms with E-state index in [9.17, 15) is 4.79 Å². The molecule has 16 heavy (non-hydrogen) atoms. The molecule has 0 aromatic carbocycles. The largest absolute Gasteiger partial charge is 0.465 e. The van der Waals surface area contributed by atoms with Gasteiger partial charge in [-0.25, -0.2) is 4.98 Å². The lowest BCUT2D eigenvalue weighted by Gasteiger charge is -2.17. The number of hydrogen-bond donors (Lipinski definition) is 0. The highest BCUT2D eigenvalue weighted by Gasteiger charge is 2.29. The maximum absolute atomic E-state index is 11.8. The van der Waals surface area contributed by atoms with Gasteiger partial charge < -0.3 is 4.74 Å². The summed E-state index contributed by atoms with van der Waals surface area (Å²) in [5.74, 6) is 0.916. The van der Waals surface area contributed by atoms with E-state index in [1.165, 1.54) is 0 Å². The number of esters is 1. The van der Waals surface area contributed by atoms with Crippen LogP contribution in [0, 0.1) is 12.8 Å². The molecule has 0 aliphatic heterocycles. The van der Waals surface area contributed by atoms with Gasteiger partial charge in [0.2, 0.25) is 0 Å². The third-order valence-electron chi connectivity index (χ3n) is 2.39. The van der Waals surface area contributed by atoms with Crippen molar-refractivity contribution in [1.82, 2.24) is 14.8 Å². The van der Waals surface area contributed by atoms with Crippen molar-refractivity contribution in [2.45, 2.75) is 33.6 Å². The lowest BCUT2D eigenvalue weighted by atomic mass is 9.95. The van der Waals surface area contributed by atoms with Gasteiger partial charge >= 0.3 is 5.97 Å². The first-order valence-electron chi connectivity index (χ1n) is 5.51. The Balaban J connectivity index is 3.02.